The van der Waals surface area contributed by atoms with Crippen LogP contribution in [0.1, 0.15) is 26.7 Å². The summed E-state index contributed by atoms with van der Waals surface area (Å²) < 4.78 is 0. The van der Waals surface area contributed by atoms with E-state index in [4.69, 9.17) is 5.11 Å². The Morgan fingerprint density at radius 1 is 1.54 bits per heavy atom. The van der Waals surface area contributed by atoms with Gasteiger partial charge in [0.2, 0.25) is 0 Å². The number of hydrogen-bond donors (Lipinski definition) is 2. The van der Waals surface area contributed by atoms with Crippen LogP contribution in [-0.2, 0) is 4.79 Å². The standard InChI is InChI=1S/C9H17NO3/c1-6(7(2)11)10-5-3-4-8(10)9(12)13/h6-8,11H,3-5H2,1-2H3,(H,12,13). The first-order valence-corrected chi connectivity index (χ1v) is 4.70. The molecule has 1 saturated heterocycles. The van der Waals surface area contributed by atoms with Crippen LogP contribution in [-0.4, -0.2) is 45.8 Å². The summed E-state index contributed by atoms with van der Waals surface area (Å²) >= 11 is 0. The molecule has 0 aliphatic carbocycles. The van der Waals surface area contributed by atoms with E-state index in [0.717, 1.165) is 13.0 Å². The van der Waals surface area contributed by atoms with E-state index in [1.165, 1.54) is 0 Å². The molecule has 1 aliphatic rings. The summed E-state index contributed by atoms with van der Waals surface area (Å²) in [6.45, 7) is 4.34. The maximum atomic E-state index is 10.8. The Morgan fingerprint density at radius 2 is 2.15 bits per heavy atom. The number of rotatable bonds is 3. The fraction of sp³-hybridized carbons (Fsp3) is 0.889. The van der Waals surface area contributed by atoms with Crippen molar-refractivity contribution in [1.82, 2.24) is 4.90 Å². The van der Waals surface area contributed by atoms with Crippen LogP contribution in [0.4, 0.5) is 0 Å². The van der Waals surface area contributed by atoms with E-state index >= 15 is 0 Å². The highest BCUT2D eigenvalue weighted by molar-refractivity contribution is 5.73. The molecule has 13 heavy (non-hydrogen) atoms. The van der Waals surface area contributed by atoms with Crippen molar-refractivity contribution in [2.24, 2.45) is 0 Å². The summed E-state index contributed by atoms with van der Waals surface area (Å²) in [6, 6.07) is -0.465. The second-order valence-corrected chi connectivity index (χ2v) is 3.72. The van der Waals surface area contributed by atoms with Gasteiger partial charge >= 0.3 is 5.97 Å². The Balaban J connectivity index is 2.62. The maximum absolute atomic E-state index is 10.8. The van der Waals surface area contributed by atoms with E-state index in [9.17, 15) is 9.90 Å². The van der Waals surface area contributed by atoms with Gasteiger partial charge in [-0.25, -0.2) is 0 Å². The summed E-state index contributed by atoms with van der Waals surface area (Å²) in [5, 5.41) is 18.2. The molecule has 1 fully saturated rings. The van der Waals surface area contributed by atoms with E-state index in [0.29, 0.717) is 6.42 Å². The molecule has 3 unspecified atom stereocenters. The van der Waals surface area contributed by atoms with Gasteiger partial charge in [-0.1, -0.05) is 0 Å². The second-order valence-electron chi connectivity index (χ2n) is 3.72. The van der Waals surface area contributed by atoms with Crippen LogP contribution in [0.15, 0.2) is 0 Å². The molecule has 3 atom stereocenters. The molecule has 0 aromatic rings. The Bertz CT molecular complexity index is 193. The highest BCUT2D eigenvalue weighted by Crippen LogP contribution is 2.21. The molecule has 0 radical (unpaired) electrons. The molecule has 0 saturated carbocycles. The molecular weight excluding hydrogens is 170 g/mol. The number of aliphatic carboxylic acids is 1. The zero-order valence-electron chi connectivity index (χ0n) is 8.10. The van der Waals surface area contributed by atoms with Crippen molar-refractivity contribution < 1.29 is 15.0 Å². The Kier molecular flexibility index (Phi) is 3.27. The van der Waals surface area contributed by atoms with Gasteiger partial charge in [0.1, 0.15) is 6.04 Å². The zero-order chi connectivity index (χ0) is 10.0. The summed E-state index contributed by atoms with van der Waals surface area (Å²) in [7, 11) is 0. The molecule has 0 aromatic carbocycles. The third-order valence-corrected chi connectivity index (χ3v) is 2.80. The first-order chi connectivity index (χ1) is 6.04. The summed E-state index contributed by atoms with van der Waals surface area (Å²) in [5.41, 5.74) is 0. The second kappa shape index (κ2) is 4.07. The van der Waals surface area contributed by atoms with Gasteiger partial charge in [-0.05, 0) is 33.2 Å². The normalized spacial score (nSPS) is 28.7. The Morgan fingerprint density at radius 3 is 2.62 bits per heavy atom. The van der Waals surface area contributed by atoms with Gasteiger partial charge in [0.25, 0.3) is 0 Å². The van der Waals surface area contributed by atoms with Crippen molar-refractivity contribution in [3.63, 3.8) is 0 Å². The van der Waals surface area contributed by atoms with E-state index in [-0.39, 0.29) is 6.04 Å². The fourth-order valence-electron chi connectivity index (χ4n) is 1.82. The lowest BCUT2D eigenvalue weighted by Gasteiger charge is -2.29. The minimum absolute atomic E-state index is 0.0661. The highest BCUT2D eigenvalue weighted by atomic mass is 16.4. The Labute approximate surface area is 78.2 Å². The fourth-order valence-corrected chi connectivity index (χ4v) is 1.82. The number of likely N-dealkylation sites (tertiary alicyclic amines) is 1. The van der Waals surface area contributed by atoms with Crippen LogP contribution in [0.25, 0.3) is 0 Å². The SMILES string of the molecule is CC(O)C(C)N1CCCC1C(=O)O. The molecular formula is C9H17NO3. The number of aliphatic hydroxyl groups excluding tert-OH is 1. The maximum Gasteiger partial charge on any atom is 0.320 e. The van der Waals surface area contributed by atoms with Crippen molar-refractivity contribution in [3.05, 3.63) is 0 Å². The first-order valence-electron chi connectivity index (χ1n) is 4.70. The average Bonchev–Trinajstić information content (AvgIpc) is 2.50. The minimum atomic E-state index is -0.773. The van der Waals surface area contributed by atoms with Crippen molar-refractivity contribution in [2.75, 3.05) is 6.54 Å². The average molecular weight is 187 g/mol. The predicted octanol–water partition coefficient (Wildman–Crippen LogP) is 0.305. The molecule has 0 amide bonds. The van der Waals surface area contributed by atoms with Gasteiger partial charge in [0.15, 0.2) is 0 Å². The molecule has 0 spiro atoms. The first kappa shape index (κ1) is 10.5. The quantitative estimate of drug-likeness (QED) is 0.667. The number of carboxylic acids is 1. The van der Waals surface area contributed by atoms with Crippen LogP contribution in [0.5, 0.6) is 0 Å². The number of carbonyl (C=O) groups is 1. The van der Waals surface area contributed by atoms with E-state index in [1.54, 1.807) is 6.92 Å². The topological polar surface area (TPSA) is 60.8 Å². The van der Waals surface area contributed by atoms with Crippen LogP contribution in [0, 0.1) is 0 Å². The van der Waals surface area contributed by atoms with Gasteiger partial charge in [-0.3, -0.25) is 9.69 Å². The van der Waals surface area contributed by atoms with Crippen molar-refractivity contribution >= 4 is 5.97 Å². The summed E-state index contributed by atoms with van der Waals surface area (Å²) in [5.74, 6) is -0.773. The molecule has 1 rings (SSSR count). The molecule has 1 heterocycles. The molecule has 4 heteroatoms. The predicted molar refractivity (Wildman–Crippen MR) is 48.5 cm³/mol. The van der Waals surface area contributed by atoms with E-state index < -0.39 is 18.1 Å². The van der Waals surface area contributed by atoms with Crippen molar-refractivity contribution in [2.45, 2.75) is 44.9 Å². The van der Waals surface area contributed by atoms with Crippen LogP contribution in [0.3, 0.4) is 0 Å². The largest absolute Gasteiger partial charge is 0.480 e. The van der Waals surface area contributed by atoms with Gasteiger partial charge in [0.05, 0.1) is 6.10 Å². The summed E-state index contributed by atoms with van der Waals surface area (Å²) in [6.07, 6.45) is 1.14. The monoisotopic (exact) mass is 187 g/mol. The lowest BCUT2D eigenvalue weighted by molar-refractivity contribution is -0.143. The van der Waals surface area contributed by atoms with Crippen LogP contribution < -0.4 is 0 Å². The molecule has 4 nitrogen and oxygen atoms in total. The number of nitrogens with zero attached hydrogens (tertiary/aromatic N) is 1. The third kappa shape index (κ3) is 2.19. The molecule has 0 bridgehead atoms. The van der Waals surface area contributed by atoms with E-state index in [2.05, 4.69) is 0 Å². The lowest BCUT2D eigenvalue weighted by Crippen LogP contribution is -2.46. The smallest absolute Gasteiger partial charge is 0.320 e. The highest BCUT2D eigenvalue weighted by Gasteiger charge is 2.34. The minimum Gasteiger partial charge on any atom is -0.480 e. The number of aliphatic hydroxyl groups is 1. The third-order valence-electron chi connectivity index (χ3n) is 2.80. The van der Waals surface area contributed by atoms with E-state index in [1.807, 2.05) is 11.8 Å². The lowest BCUT2D eigenvalue weighted by atomic mass is 10.1. The number of hydrogen-bond acceptors (Lipinski definition) is 3. The van der Waals surface area contributed by atoms with Gasteiger partial charge in [-0.2, -0.15) is 0 Å². The molecule has 1 aliphatic heterocycles. The van der Waals surface area contributed by atoms with Crippen molar-refractivity contribution in [3.8, 4) is 0 Å². The van der Waals surface area contributed by atoms with Crippen molar-refractivity contribution in [1.29, 1.82) is 0 Å². The molecule has 0 aromatic heterocycles. The van der Waals surface area contributed by atoms with Crippen LogP contribution >= 0.6 is 0 Å². The summed E-state index contributed by atoms with van der Waals surface area (Å²) in [4.78, 5) is 12.7. The molecule has 2 N–H and O–H groups in total. The van der Waals surface area contributed by atoms with Gasteiger partial charge < -0.3 is 10.2 Å². The molecule has 76 valence electrons. The zero-order valence-corrected chi connectivity index (χ0v) is 8.10. The number of carboxylic acid groups (broad SMARTS) is 1. The Hall–Kier alpha value is -0.610. The van der Waals surface area contributed by atoms with Crippen LogP contribution in [0.2, 0.25) is 0 Å². The van der Waals surface area contributed by atoms with Gasteiger partial charge in [0, 0.05) is 6.04 Å². The van der Waals surface area contributed by atoms with Gasteiger partial charge in [-0.15, -0.1) is 0 Å².